The molecular formula is C11H14N4O3. The largest absolute Gasteiger partial charge is 0.464 e. The fourth-order valence-electron chi connectivity index (χ4n) is 1.75. The van der Waals surface area contributed by atoms with Crippen molar-refractivity contribution >= 4 is 17.1 Å². The number of aryl methyl sites for hydroxylation is 1. The van der Waals surface area contributed by atoms with Crippen molar-refractivity contribution in [2.75, 3.05) is 0 Å². The maximum absolute atomic E-state index is 11.9. The van der Waals surface area contributed by atoms with Crippen molar-refractivity contribution in [2.45, 2.75) is 26.2 Å². The Hall–Kier alpha value is -2.18. The average molecular weight is 250 g/mol. The Kier molecular flexibility index (Phi) is 2.50. The Labute approximate surface area is 103 Å². The summed E-state index contributed by atoms with van der Waals surface area (Å²) >= 11 is 0. The van der Waals surface area contributed by atoms with Crippen LogP contribution >= 0.6 is 0 Å². The van der Waals surface area contributed by atoms with E-state index in [0.717, 1.165) is 9.25 Å². The van der Waals surface area contributed by atoms with Crippen LogP contribution in [0.1, 0.15) is 26.6 Å². The van der Waals surface area contributed by atoms with Gasteiger partial charge in [0.05, 0.1) is 6.20 Å². The number of hydrogen-bond donors (Lipinski definition) is 1. The molecule has 0 aromatic carbocycles. The first kappa shape index (κ1) is 12.3. The molecule has 2 rings (SSSR count). The smallest absolute Gasteiger partial charge is 0.417 e. The molecule has 7 nitrogen and oxygen atoms in total. The summed E-state index contributed by atoms with van der Waals surface area (Å²) in [6, 6.07) is 0. The lowest BCUT2D eigenvalue weighted by atomic mass is 9.96. The summed E-state index contributed by atoms with van der Waals surface area (Å²) in [5.41, 5.74) is -0.545. The highest BCUT2D eigenvalue weighted by Gasteiger charge is 2.27. The Balaban J connectivity index is 2.97. The molecule has 2 aromatic rings. The Morgan fingerprint density at radius 2 is 2.00 bits per heavy atom. The Morgan fingerprint density at radius 3 is 2.50 bits per heavy atom. The van der Waals surface area contributed by atoms with Crippen LogP contribution in [0.5, 0.6) is 0 Å². The summed E-state index contributed by atoms with van der Waals surface area (Å²) in [6.45, 7) is 5.52. The average Bonchev–Trinajstić information content (AvgIpc) is 2.63. The zero-order valence-corrected chi connectivity index (χ0v) is 10.6. The molecule has 0 aliphatic carbocycles. The third-order valence-corrected chi connectivity index (χ3v) is 2.62. The van der Waals surface area contributed by atoms with Crippen LogP contribution in [0, 0.1) is 0 Å². The molecule has 0 aliphatic heterocycles. The summed E-state index contributed by atoms with van der Waals surface area (Å²) in [5, 5.41) is 13.1. The SMILES string of the molecule is Cn1ncc2c(nc(C(C)(C)C)n2C(=O)O)c1=O. The predicted molar refractivity (Wildman–Crippen MR) is 64.9 cm³/mol. The molecule has 0 atom stereocenters. The van der Waals surface area contributed by atoms with E-state index in [9.17, 15) is 14.7 Å². The monoisotopic (exact) mass is 250 g/mol. The first-order valence-electron chi connectivity index (χ1n) is 5.42. The Bertz CT molecular complexity index is 691. The van der Waals surface area contributed by atoms with Gasteiger partial charge in [-0.2, -0.15) is 5.10 Å². The van der Waals surface area contributed by atoms with Crippen molar-refractivity contribution in [3.8, 4) is 0 Å². The van der Waals surface area contributed by atoms with E-state index < -0.39 is 17.1 Å². The highest BCUT2D eigenvalue weighted by molar-refractivity contribution is 5.85. The van der Waals surface area contributed by atoms with Gasteiger partial charge in [-0.15, -0.1) is 0 Å². The number of carbonyl (C=O) groups is 1. The molecule has 0 saturated heterocycles. The zero-order chi connectivity index (χ0) is 13.7. The third-order valence-electron chi connectivity index (χ3n) is 2.62. The summed E-state index contributed by atoms with van der Waals surface area (Å²) in [4.78, 5) is 27.4. The van der Waals surface area contributed by atoms with Crippen molar-refractivity contribution in [3.05, 3.63) is 22.4 Å². The van der Waals surface area contributed by atoms with Crippen molar-refractivity contribution in [2.24, 2.45) is 7.05 Å². The third kappa shape index (κ3) is 1.68. The fraction of sp³-hybridized carbons (Fsp3) is 0.455. The van der Waals surface area contributed by atoms with Crippen LogP contribution in [0.4, 0.5) is 4.79 Å². The molecule has 7 heteroatoms. The van der Waals surface area contributed by atoms with Crippen LogP contribution in [0.3, 0.4) is 0 Å². The quantitative estimate of drug-likeness (QED) is 0.751. The van der Waals surface area contributed by atoms with Gasteiger partial charge in [-0.3, -0.25) is 4.79 Å². The molecule has 0 spiro atoms. The number of fused-ring (bicyclic) bond motifs is 1. The van der Waals surface area contributed by atoms with Gasteiger partial charge < -0.3 is 5.11 Å². The summed E-state index contributed by atoms with van der Waals surface area (Å²) in [6.07, 6.45) is 0.171. The zero-order valence-electron chi connectivity index (χ0n) is 10.6. The Morgan fingerprint density at radius 1 is 1.39 bits per heavy atom. The van der Waals surface area contributed by atoms with E-state index in [1.165, 1.54) is 13.2 Å². The summed E-state index contributed by atoms with van der Waals surface area (Å²) < 4.78 is 2.15. The van der Waals surface area contributed by atoms with E-state index in [4.69, 9.17) is 0 Å². The molecular weight excluding hydrogens is 236 g/mol. The number of imidazole rings is 1. The molecule has 0 saturated carbocycles. The van der Waals surface area contributed by atoms with E-state index in [0.29, 0.717) is 5.82 Å². The van der Waals surface area contributed by atoms with E-state index in [1.807, 2.05) is 20.8 Å². The van der Waals surface area contributed by atoms with Gasteiger partial charge in [-0.25, -0.2) is 19.0 Å². The van der Waals surface area contributed by atoms with Gasteiger partial charge in [0.25, 0.3) is 5.56 Å². The van der Waals surface area contributed by atoms with Gasteiger partial charge in [0.15, 0.2) is 5.52 Å². The number of rotatable bonds is 0. The highest BCUT2D eigenvalue weighted by atomic mass is 16.4. The lowest BCUT2D eigenvalue weighted by Gasteiger charge is -2.17. The second-order valence-electron chi connectivity index (χ2n) is 5.11. The van der Waals surface area contributed by atoms with E-state index >= 15 is 0 Å². The van der Waals surface area contributed by atoms with Gasteiger partial charge in [0.2, 0.25) is 0 Å². The van der Waals surface area contributed by atoms with Crippen LogP contribution in [0.2, 0.25) is 0 Å². The molecule has 0 unspecified atom stereocenters. The molecule has 1 N–H and O–H groups in total. The maximum atomic E-state index is 11.9. The molecule has 0 fully saturated rings. The molecule has 96 valence electrons. The van der Waals surface area contributed by atoms with Crippen molar-refractivity contribution in [1.82, 2.24) is 19.3 Å². The van der Waals surface area contributed by atoms with Gasteiger partial charge in [0, 0.05) is 12.5 Å². The standard InChI is InChI=1S/C11H14N4O3/c1-11(2,3)9-13-7-6(15(9)10(17)18)5-12-14(4)8(7)16/h5H,1-4H3,(H,17,18). The second-order valence-corrected chi connectivity index (χ2v) is 5.11. The molecule has 2 heterocycles. The van der Waals surface area contributed by atoms with Crippen LogP contribution in [0.25, 0.3) is 11.0 Å². The minimum atomic E-state index is -1.17. The summed E-state index contributed by atoms with van der Waals surface area (Å²) in [5.74, 6) is 0.329. The fourth-order valence-corrected chi connectivity index (χ4v) is 1.75. The number of hydrogen-bond acceptors (Lipinski definition) is 4. The van der Waals surface area contributed by atoms with E-state index in [2.05, 4.69) is 10.1 Å². The predicted octanol–water partition coefficient (Wildman–Crippen LogP) is 0.954. The van der Waals surface area contributed by atoms with Crippen molar-refractivity contribution < 1.29 is 9.90 Å². The van der Waals surface area contributed by atoms with Gasteiger partial charge in [0.1, 0.15) is 11.3 Å². The topological polar surface area (TPSA) is 90.0 Å². The van der Waals surface area contributed by atoms with Crippen LogP contribution in [-0.4, -0.2) is 30.5 Å². The van der Waals surface area contributed by atoms with Gasteiger partial charge in [-0.05, 0) is 0 Å². The van der Waals surface area contributed by atoms with Crippen LogP contribution < -0.4 is 5.56 Å². The molecule has 0 amide bonds. The maximum Gasteiger partial charge on any atom is 0.417 e. The lowest BCUT2D eigenvalue weighted by molar-refractivity contribution is 0.195. The first-order valence-corrected chi connectivity index (χ1v) is 5.42. The van der Waals surface area contributed by atoms with Crippen LogP contribution in [-0.2, 0) is 12.5 Å². The molecule has 0 radical (unpaired) electrons. The summed E-state index contributed by atoms with van der Waals surface area (Å²) in [7, 11) is 1.50. The van der Waals surface area contributed by atoms with Crippen molar-refractivity contribution in [1.29, 1.82) is 0 Å². The van der Waals surface area contributed by atoms with E-state index in [1.54, 1.807) is 0 Å². The minimum Gasteiger partial charge on any atom is -0.464 e. The number of carboxylic acid groups (broad SMARTS) is 1. The number of nitrogens with zero attached hydrogens (tertiary/aromatic N) is 4. The van der Waals surface area contributed by atoms with Crippen molar-refractivity contribution in [3.63, 3.8) is 0 Å². The second kappa shape index (κ2) is 3.66. The minimum absolute atomic E-state index is 0.125. The van der Waals surface area contributed by atoms with E-state index in [-0.39, 0.29) is 11.0 Å². The van der Waals surface area contributed by atoms with Gasteiger partial charge >= 0.3 is 6.09 Å². The normalized spacial score (nSPS) is 12.0. The number of aromatic nitrogens is 4. The molecule has 2 aromatic heterocycles. The van der Waals surface area contributed by atoms with Crippen LogP contribution in [0.15, 0.2) is 11.0 Å². The molecule has 18 heavy (non-hydrogen) atoms. The highest BCUT2D eigenvalue weighted by Crippen LogP contribution is 2.24. The molecule has 0 bridgehead atoms. The first-order chi connectivity index (χ1) is 8.23. The lowest BCUT2D eigenvalue weighted by Crippen LogP contribution is -2.22. The van der Waals surface area contributed by atoms with Gasteiger partial charge in [-0.1, -0.05) is 20.8 Å². The molecule has 0 aliphatic rings.